The summed E-state index contributed by atoms with van der Waals surface area (Å²) in [5, 5.41) is 15.6. The van der Waals surface area contributed by atoms with Crippen LogP contribution in [0.4, 0.5) is 4.39 Å². The number of hydrogen-bond acceptors (Lipinski definition) is 6. The van der Waals surface area contributed by atoms with Gasteiger partial charge in [-0.05, 0) is 55.4 Å². The number of benzene rings is 2. The van der Waals surface area contributed by atoms with Gasteiger partial charge < -0.3 is 29.3 Å². The number of fused-ring (bicyclic) bond motifs is 1. The van der Waals surface area contributed by atoms with Crippen LogP contribution in [-0.2, 0) is 16.0 Å². The molecule has 1 heterocycles. The summed E-state index contributed by atoms with van der Waals surface area (Å²) in [5.74, 6) is -0.723. The molecule has 0 saturated heterocycles. The van der Waals surface area contributed by atoms with E-state index in [0.717, 1.165) is 30.8 Å². The van der Waals surface area contributed by atoms with Crippen molar-refractivity contribution in [3.8, 4) is 17.2 Å². The topological polar surface area (TPSA) is 106 Å². The van der Waals surface area contributed by atoms with Gasteiger partial charge >= 0.3 is 11.9 Å². The Morgan fingerprint density at radius 3 is 2.12 bits per heavy atom. The van der Waals surface area contributed by atoms with Gasteiger partial charge in [0, 0.05) is 30.8 Å². The number of ether oxygens (including phenoxy) is 3. The quantitative estimate of drug-likeness (QED) is 0.651. The summed E-state index contributed by atoms with van der Waals surface area (Å²) >= 11 is 0. The van der Waals surface area contributed by atoms with Gasteiger partial charge in [0.25, 0.3) is 0 Å². The van der Waals surface area contributed by atoms with E-state index in [1.54, 1.807) is 26.4 Å². The van der Waals surface area contributed by atoms with Crippen molar-refractivity contribution in [2.75, 3.05) is 34.4 Å². The molecule has 8 nitrogen and oxygen atoms in total. The molecule has 3 rings (SSSR count). The van der Waals surface area contributed by atoms with Gasteiger partial charge in [0.05, 0.1) is 14.2 Å². The predicted molar refractivity (Wildman–Crippen MR) is 115 cm³/mol. The standard InChI is InChI=1S/C19H22FNO3.C4H4O4/c1-21-9-8-13-10-17(22-2)18(23-3)11-16(13)19(12-21)24-15-6-4-14(20)5-7-15;5-3(6)1-2-4(7)8/h4-7,10-11,19H,8-9,12H2,1-3H3;1-2H,(H,5,6)(H,7,8)/b;2-1-. The van der Waals surface area contributed by atoms with Crippen molar-refractivity contribution in [3.05, 3.63) is 65.5 Å². The first-order chi connectivity index (χ1) is 15.2. The molecule has 0 fully saturated rings. The lowest BCUT2D eigenvalue weighted by molar-refractivity contribution is -0.134. The van der Waals surface area contributed by atoms with E-state index in [2.05, 4.69) is 11.9 Å². The largest absolute Gasteiger partial charge is 0.493 e. The Morgan fingerprint density at radius 2 is 1.59 bits per heavy atom. The summed E-state index contributed by atoms with van der Waals surface area (Å²) in [6, 6.07) is 10.1. The molecule has 0 aromatic heterocycles. The molecular formula is C23H26FNO7. The summed E-state index contributed by atoms with van der Waals surface area (Å²) in [4.78, 5) is 21.3. The van der Waals surface area contributed by atoms with Crippen LogP contribution in [0, 0.1) is 5.82 Å². The van der Waals surface area contributed by atoms with Gasteiger partial charge in [-0.2, -0.15) is 0 Å². The van der Waals surface area contributed by atoms with Crippen LogP contribution in [0.15, 0.2) is 48.6 Å². The van der Waals surface area contributed by atoms with Crippen molar-refractivity contribution in [1.29, 1.82) is 0 Å². The normalized spacial score (nSPS) is 15.7. The molecule has 0 spiro atoms. The fourth-order valence-electron chi connectivity index (χ4n) is 3.16. The van der Waals surface area contributed by atoms with Gasteiger partial charge in [0.15, 0.2) is 11.5 Å². The molecule has 2 aromatic carbocycles. The van der Waals surface area contributed by atoms with Crippen LogP contribution in [-0.4, -0.2) is 61.4 Å². The third kappa shape index (κ3) is 7.28. The van der Waals surface area contributed by atoms with Gasteiger partial charge in [0.1, 0.15) is 17.7 Å². The van der Waals surface area contributed by atoms with E-state index in [0.29, 0.717) is 23.7 Å². The van der Waals surface area contributed by atoms with Gasteiger partial charge in [-0.3, -0.25) is 0 Å². The van der Waals surface area contributed by atoms with Crippen molar-refractivity contribution in [2.24, 2.45) is 0 Å². The van der Waals surface area contributed by atoms with Crippen LogP contribution in [0.5, 0.6) is 17.2 Å². The number of methoxy groups -OCH3 is 2. The Morgan fingerprint density at radius 1 is 1.03 bits per heavy atom. The Kier molecular flexibility index (Phi) is 9.03. The Labute approximate surface area is 185 Å². The SMILES string of the molecule is COc1cc2c(cc1OC)C(Oc1ccc(F)cc1)CN(C)CC2.O=C(O)/C=C\C(=O)O. The Balaban J connectivity index is 0.000000390. The maximum atomic E-state index is 13.1. The van der Waals surface area contributed by atoms with E-state index < -0.39 is 11.9 Å². The highest BCUT2D eigenvalue weighted by atomic mass is 19.1. The highest BCUT2D eigenvalue weighted by Gasteiger charge is 2.25. The molecule has 0 amide bonds. The smallest absolute Gasteiger partial charge is 0.328 e. The van der Waals surface area contributed by atoms with Gasteiger partial charge in [-0.1, -0.05) is 0 Å². The second-order valence-electron chi connectivity index (χ2n) is 6.99. The first-order valence-electron chi connectivity index (χ1n) is 9.73. The molecule has 0 radical (unpaired) electrons. The van der Waals surface area contributed by atoms with Crippen LogP contribution in [0.3, 0.4) is 0 Å². The summed E-state index contributed by atoms with van der Waals surface area (Å²) < 4.78 is 30.1. The third-order valence-corrected chi connectivity index (χ3v) is 4.69. The number of aliphatic carboxylic acids is 2. The van der Waals surface area contributed by atoms with Crippen LogP contribution in [0.2, 0.25) is 0 Å². The fraction of sp³-hybridized carbons (Fsp3) is 0.304. The Bertz CT molecular complexity index is 944. The molecule has 2 N–H and O–H groups in total. The van der Waals surface area contributed by atoms with Crippen molar-refractivity contribution in [2.45, 2.75) is 12.5 Å². The number of nitrogens with zero attached hydrogens (tertiary/aromatic N) is 1. The van der Waals surface area contributed by atoms with Gasteiger partial charge in [0.2, 0.25) is 0 Å². The zero-order chi connectivity index (χ0) is 23.7. The fourth-order valence-corrected chi connectivity index (χ4v) is 3.16. The van der Waals surface area contributed by atoms with E-state index in [1.807, 2.05) is 12.1 Å². The third-order valence-electron chi connectivity index (χ3n) is 4.69. The van der Waals surface area contributed by atoms with E-state index in [9.17, 15) is 14.0 Å². The number of rotatable bonds is 6. The zero-order valence-corrected chi connectivity index (χ0v) is 18.1. The minimum Gasteiger partial charge on any atom is -0.493 e. The first-order valence-corrected chi connectivity index (χ1v) is 9.73. The van der Waals surface area contributed by atoms with E-state index in [1.165, 1.54) is 17.7 Å². The molecule has 2 aromatic rings. The molecule has 9 heteroatoms. The number of carbonyl (C=O) groups is 2. The Hall–Kier alpha value is -3.59. The summed E-state index contributed by atoms with van der Waals surface area (Å²) in [6.07, 6.45) is 1.87. The number of carboxylic acids is 2. The molecule has 1 aliphatic rings. The lowest BCUT2D eigenvalue weighted by atomic mass is 10.00. The van der Waals surface area contributed by atoms with Crippen LogP contribution < -0.4 is 14.2 Å². The van der Waals surface area contributed by atoms with E-state index in [4.69, 9.17) is 24.4 Å². The number of carboxylic acid groups (broad SMARTS) is 2. The van der Waals surface area contributed by atoms with Crippen molar-refractivity contribution < 1.29 is 38.4 Å². The lowest BCUT2D eigenvalue weighted by Gasteiger charge is -2.23. The number of hydrogen-bond donors (Lipinski definition) is 2. The number of likely N-dealkylation sites (N-methyl/N-ethyl adjacent to an activating group) is 1. The summed E-state index contributed by atoms with van der Waals surface area (Å²) in [7, 11) is 5.34. The molecule has 1 unspecified atom stereocenters. The maximum Gasteiger partial charge on any atom is 0.328 e. The van der Waals surface area contributed by atoms with Crippen molar-refractivity contribution >= 4 is 11.9 Å². The second kappa shape index (κ2) is 11.7. The minimum absolute atomic E-state index is 0.155. The molecule has 172 valence electrons. The molecule has 0 aliphatic carbocycles. The van der Waals surface area contributed by atoms with Crippen molar-refractivity contribution in [3.63, 3.8) is 0 Å². The molecule has 1 atom stereocenters. The highest BCUT2D eigenvalue weighted by Crippen LogP contribution is 2.36. The monoisotopic (exact) mass is 447 g/mol. The minimum atomic E-state index is -1.26. The second-order valence-corrected chi connectivity index (χ2v) is 6.99. The summed E-state index contributed by atoms with van der Waals surface area (Å²) in [5.41, 5.74) is 2.27. The molecular weight excluding hydrogens is 421 g/mol. The molecule has 0 bridgehead atoms. The number of halogens is 1. The van der Waals surface area contributed by atoms with Crippen LogP contribution >= 0.6 is 0 Å². The molecule has 32 heavy (non-hydrogen) atoms. The summed E-state index contributed by atoms with van der Waals surface area (Å²) in [6.45, 7) is 1.69. The maximum absolute atomic E-state index is 13.1. The first kappa shape index (κ1) is 24.7. The zero-order valence-electron chi connectivity index (χ0n) is 18.1. The lowest BCUT2D eigenvalue weighted by Crippen LogP contribution is -2.26. The average molecular weight is 447 g/mol. The highest BCUT2D eigenvalue weighted by molar-refractivity contribution is 5.89. The van der Waals surface area contributed by atoms with E-state index in [-0.39, 0.29) is 11.9 Å². The molecule has 1 aliphatic heterocycles. The van der Waals surface area contributed by atoms with Gasteiger partial charge in [-0.25, -0.2) is 14.0 Å². The van der Waals surface area contributed by atoms with Crippen LogP contribution in [0.1, 0.15) is 17.2 Å². The van der Waals surface area contributed by atoms with E-state index >= 15 is 0 Å². The van der Waals surface area contributed by atoms with Gasteiger partial charge in [-0.15, -0.1) is 0 Å². The molecule has 0 saturated carbocycles. The average Bonchev–Trinajstić information content (AvgIpc) is 2.91. The van der Waals surface area contributed by atoms with Crippen molar-refractivity contribution in [1.82, 2.24) is 4.90 Å². The van der Waals surface area contributed by atoms with Crippen LogP contribution in [0.25, 0.3) is 0 Å². The predicted octanol–water partition coefficient (Wildman–Crippen LogP) is 3.16.